The van der Waals surface area contributed by atoms with E-state index < -0.39 is 0 Å². The van der Waals surface area contributed by atoms with Gasteiger partial charge in [-0.25, -0.2) is 0 Å². The van der Waals surface area contributed by atoms with Gasteiger partial charge in [-0.05, 0) is 25.1 Å². The molecule has 5 nitrogen and oxygen atoms in total. The number of anilines is 1. The molecule has 0 aliphatic carbocycles. The Bertz CT molecular complexity index is 507. The first-order valence-corrected chi connectivity index (χ1v) is 6.90. The van der Waals surface area contributed by atoms with E-state index >= 15 is 0 Å². The molecular weight excluding hydrogens is 290 g/mol. The Morgan fingerprint density at radius 1 is 1.33 bits per heavy atom. The van der Waals surface area contributed by atoms with E-state index in [0.717, 1.165) is 24.2 Å². The highest BCUT2D eigenvalue weighted by Gasteiger charge is 2.26. The molecule has 2 amide bonds. The van der Waals surface area contributed by atoms with Gasteiger partial charge in [0.15, 0.2) is 0 Å². The molecule has 0 atom stereocenters. The first-order valence-electron chi connectivity index (χ1n) is 6.90. The molecule has 0 unspecified atom stereocenters. The van der Waals surface area contributed by atoms with Gasteiger partial charge in [0.25, 0.3) is 0 Å². The van der Waals surface area contributed by atoms with Gasteiger partial charge in [0.1, 0.15) is 6.54 Å². The molecule has 1 heterocycles. The zero-order chi connectivity index (χ0) is 14.5. The van der Waals surface area contributed by atoms with Crippen LogP contribution in [0.4, 0.5) is 5.69 Å². The Balaban J connectivity index is 0.00000220. The maximum absolute atomic E-state index is 12.2. The maximum Gasteiger partial charge on any atom is 0.242 e. The van der Waals surface area contributed by atoms with Crippen LogP contribution in [0, 0.1) is 0 Å². The number of nitrogens with one attached hydrogen (secondary N) is 1. The Morgan fingerprint density at radius 2 is 2.05 bits per heavy atom. The third kappa shape index (κ3) is 4.19. The molecule has 0 radical (unpaired) electrons. The number of aryl methyl sites for hydroxylation is 1. The molecule has 0 bridgehead atoms. The molecule has 0 aromatic heterocycles. The summed E-state index contributed by atoms with van der Waals surface area (Å²) < 4.78 is 0. The lowest BCUT2D eigenvalue weighted by Gasteiger charge is -2.30. The van der Waals surface area contributed by atoms with Crippen LogP contribution in [0.25, 0.3) is 0 Å². The molecule has 116 valence electrons. The Hall–Kier alpha value is -1.59. The lowest BCUT2D eigenvalue weighted by molar-refractivity contribution is -0.130. The monoisotopic (exact) mass is 311 g/mol. The number of carbonyl (C=O) groups excluding carboxylic acids is 2. The van der Waals surface area contributed by atoms with E-state index in [9.17, 15) is 9.59 Å². The molecule has 0 spiro atoms. The van der Waals surface area contributed by atoms with Gasteiger partial charge in [0.05, 0.1) is 0 Å². The van der Waals surface area contributed by atoms with Gasteiger partial charge in [-0.15, -0.1) is 12.4 Å². The van der Waals surface area contributed by atoms with Crippen LogP contribution in [0.5, 0.6) is 0 Å². The quantitative estimate of drug-likeness (QED) is 0.885. The Morgan fingerprint density at radius 3 is 2.76 bits per heavy atom. The number of rotatable bonds is 5. The second-order valence-corrected chi connectivity index (χ2v) is 5.03. The van der Waals surface area contributed by atoms with Crippen LogP contribution in [0.3, 0.4) is 0 Å². The molecule has 1 aliphatic heterocycles. The summed E-state index contributed by atoms with van der Waals surface area (Å²) in [5, 5.41) is 3.01. The molecule has 1 aromatic carbocycles. The number of benzene rings is 1. The number of halogens is 1. The van der Waals surface area contributed by atoms with E-state index in [-0.39, 0.29) is 30.8 Å². The van der Waals surface area contributed by atoms with Crippen molar-refractivity contribution in [2.45, 2.75) is 12.8 Å². The van der Waals surface area contributed by atoms with Crippen LogP contribution >= 0.6 is 12.4 Å². The summed E-state index contributed by atoms with van der Waals surface area (Å²) in [6.07, 6.45) is 1.24. The number of nitrogens with zero attached hydrogens (tertiary/aromatic N) is 2. The normalized spacial score (nSPS) is 13.4. The van der Waals surface area contributed by atoms with Gasteiger partial charge >= 0.3 is 0 Å². The predicted molar refractivity (Wildman–Crippen MR) is 85.9 cm³/mol. The van der Waals surface area contributed by atoms with E-state index in [4.69, 9.17) is 0 Å². The van der Waals surface area contributed by atoms with Crippen LogP contribution < -0.4 is 10.2 Å². The largest absolute Gasteiger partial charge is 0.343 e. The summed E-state index contributed by atoms with van der Waals surface area (Å²) in [4.78, 5) is 27.5. The maximum atomic E-state index is 12.2. The number of amides is 2. The van der Waals surface area contributed by atoms with E-state index in [1.807, 2.05) is 31.3 Å². The number of para-hydroxylation sites is 1. The number of hydrogen-bond acceptors (Lipinski definition) is 3. The number of likely N-dealkylation sites (N-methyl/N-ethyl adjacent to an activating group) is 2. The molecular formula is C15H22ClN3O2. The van der Waals surface area contributed by atoms with E-state index in [1.165, 1.54) is 0 Å². The van der Waals surface area contributed by atoms with Crippen molar-refractivity contribution in [1.29, 1.82) is 0 Å². The lowest BCUT2D eigenvalue weighted by Crippen LogP contribution is -2.44. The first kappa shape index (κ1) is 17.5. The molecule has 1 aromatic rings. The second kappa shape index (κ2) is 8.00. The number of hydrogen-bond donors (Lipinski definition) is 1. The highest BCUT2D eigenvalue weighted by molar-refractivity contribution is 6.00. The standard InChI is InChI=1S/C15H21N3O2.ClH/c1-16-9-10-17(2)15(20)11-18-13-6-4-3-5-12(13)7-8-14(18)19;/h3-6,16H,7-11H2,1-2H3;1H. The fourth-order valence-electron chi connectivity index (χ4n) is 2.33. The van der Waals surface area contributed by atoms with Gasteiger partial charge in [-0.3, -0.25) is 9.59 Å². The molecule has 1 N–H and O–H groups in total. The average Bonchev–Trinajstić information content (AvgIpc) is 2.47. The third-order valence-electron chi connectivity index (χ3n) is 3.61. The lowest BCUT2D eigenvalue weighted by atomic mass is 10.0. The van der Waals surface area contributed by atoms with E-state index in [2.05, 4.69) is 5.32 Å². The van der Waals surface area contributed by atoms with Crippen molar-refractivity contribution in [1.82, 2.24) is 10.2 Å². The minimum atomic E-state index is -0.0368. The summed E-state index contributed by atoms with van der Waals surface area (Å²) in [5.41, 5.74) is 2.01. The SMILES string of the molecule is CNCCN(C)C(=O)CN1C(=O)CCc2ccccc21.Cl. The van der Waals surface area contributed by atoms with Crippen LogP contribution in [0.2, 0.25) is 0 Å². The molecule has 0 saturated carbocycles. The van der Waals surface area contributed by atoms with E-state index in [1.54, 1.807) is 16.8 Å². The highest BCUT2D eigenvalue weighted by Crippen LogP contribution is 2.27. The van der Waals surface area contributed by atoms with Crippen LogP contribution in [0.15, 0.2) is 24.3 Å². The van der Waals surface area contributed by atoms with Crippen LogP contribution in [-0.2, 0) is 16.0 Å². The molecule has 1 aliphatic rings. The van der Waals surface area contributed by atoms with Gasteiger partial charge < -0.3 is 15.1 Å². The predicted octanol–water partition coefficient (Wildman–Crippen LogP) is 1.07. The molecule has 0 fully saturated rings. The van der Waals surface area contributed by atoms with Crippen molar-refractivity contribution >= 4 is 29.9 Å². The Labute approximate surface area is 131 Å². The highest BCUT2D eigenvalue weighted by atomic mass is 35.5. The minimum Gasteiger partial charge on any atom is -0.343 e. The van der Waals surface area contributed by atoms with Gasteiger partial charge in [-0.1, -0.05) is 18.2 Å². The van der Waals surface area contributed by atoms with Gasteiger partial charge in [-0.2, -0.15) is 0 Å². The zero-order valence-electron chi connectivity index (χ0n) is 12.5. The van der Waals surface area contributed by atoms with Crippen molar-refractivity contribution < 1.29 is 9.59 Å². The summed E-state index contributed by atoms with van der Waals surface area (Å²) >= 11 is 0. The number of carbonyl (C=O) groups is 2. The van der Waals surface area contributed by atoms with Crippen molar-refractivity contribution in [3.8, 4) is 0 Å². The van der Waals surface area contributed by atoms with Crippen LogP contribution in [-0.4, -0.2) is 50.4 Å². The van der Waals surface area contributed by atoms with Crippen molar-refractivity contribution in [2.75, 3.05) is 38.6 Å². The fourth-order valence-corrected chi connectivity index (χ4v) is 2.33. The van der Waals surface area contributed by atoms with Crippen LogP contribution in [0.1, 0.15) is 12.0 Å². The average molecular weight is 312 g/mol. The first-order chi connectivity index (χ1) is 9.63. The number of fused-ring (bicyclic) bond motifs is 1. The summed E-state index contributed by atoms with van der Waals surface area (Å²) in [5.74, 6) is -0.00984. The van der Waals surface area contributed by atoms with E-state index in [0.29, 0.717) is 13.0 Å². The molecule has 21 heavy (non-hydrogen) atoms. The topological polar surface area (TPSA) is 52.7 Å². The Kier molecular flexibility index (Phi) is 6.65. The summed E-state index contributed by atoms with van der Waals surface area (Å²) in [6, 6.07) is 7.80. The van der Waals surface area contributed by atoms with Gasteiger partial charge in [0, 0.05) is 32.2 Å². The van der Waals surface area contributed by atoms with Crippen molar-refractivity contribution in [3.05, 3.63) is 29.8 Å². The zero-order valence-corrected chi connectivity index (χ0v) is 13.3. The summed E-state index contributed by atoms with van der Waals surface area (Å²) in [7, 11) is 3.61. The van der Waals surface area contributed by atoms with Crippen molar-refractivity contribution in [2.24, 2.45) is 0 Å². The molecule has 6 heteroatoms. The summed E-state index contributed by atoms with van der Waals surface area (Å²) in [6.45, 7) is 1.50. The van der Waals surface area contributed by atoms with Gasteiger partial charge in [0.2, 0.25) is 11.8 Å². The fraction of sp³-hybridized carbons (Fsp3) is 0.467. The smallest absolute Gasteiger partial charge is 0.242 e. The second-order valence-electron chi connectivity index (χ2n) is 5.03. The minimum absolute atomic E-state index is 0. The molecule has 0 saturated heterocycles. The molecule has 2 rings (SSSR count). The van der Waals surface area contributed by atoms with Crippen molar-refractivity contribution in [3.63, 3.8) is 0 Å². The third-order valence-corrected chi connectivity index (χ3v) is 3.61.